The SMILES string of the molecule is Cc1ccnc(-n2c3[c-]c(Oc4[c-]c(-n5cc(-c6c(C(F)(F)F)c(C)c(C)c(C)c6C(F)(F)F)cn5)ccc4)ccc3c3ccccc32)c1.[Pt+2]. The molecule has 7 aromatic rings. The van der Waals surface area contributed by atoms with Crippen LogP contribution in [0.1, 0.15) is 33.4 Å². The van der Waals surface area contributed by atoms with Gasteiger partial charge in [-0.1, -0.05) is 23.7 Å². The molecule has 0 amide bonds. The molecule has 4 aromatic carbocycles. The Kier molecular flexibility index (Phi) is 8.93. The fourth-order valence-corrected chi connectivity index (χ4v) is 6.30. The molecule has 3 heterocycles. The molecule has 0 fully saturated rings. The van der Waals surface area contributed by atoms with Crippen molar-refractivity contribution in [1.29, 1.82) is 0 Å². The largest absolute Gasteiger partial charge is 2.00 e. The Labute approximate surface area is 297 Å². The van der Waals surface area contributed by atoms with Gasteiger partial charge in [-0.25, -0.2) is 4.98 Å². The zero-order chi connectivity index (χ0) is 34.8. The van der Waals surface area contributed by atoms with Crippen LogP contribution in [-0.2, 0) is 33.4 Å². The minimum absolute atomic E-state index is 0. The summed E-state index contributed by atoms with van der Waals surface area (Å²) >= 11 is 0. The average Bonchev–Trinajstić information content (AvgIpc) is 3.66. The standard InChI is InChI=1S/C38H26F6N4O.Pt/c1-21-14-15-45-33(16-21)48-31-11-6-5-10-29(31)30-13-12-28(18-32(30)48)49-27-9-7-8-26(17-27)47-20-25(19-46-47)34-35(37(39,40)41)23(3)22(2)24(4)36(34)38(42,43)44;/h5-16,19-20H,1-4H3;/q-2;+2. The summed E-state index contributed by atoms with van der Waals surface area (Å²) in [5.41, 5.74) is -1.63. The smallest absolute Gasteiger partial charge is 0.509 e. The Morgan fingerprint density at radius 3 is 2.08 bits per heavy atom. The molecule has 7 rings (SSSR count). The number of hydrogen-bond acceptors (Lipinski definition) is 3. The molecule has 12 heteroatoms. The molecule has 0 N–H and O–H groups in total. The van der Waals surface area contributed by atoms with Gasteiger partial charge in [-0.05, 0) is 79.2 Å². The van der Waals surface area contributed by atoms with Crippen LogP contribution in [0.4, 0.5) is 26.3 Å². The summed E-state index contributed by atoms with van der Waals surface area (Å²) in [7, 11) is 0. The Hall–Kier alpha value is -4.89. The number of para-hydroxylation sites is 1. The molecular weight excluding hydrogens is 838 g/mol. The predicted octanol–water partition coefficient (Wildman–Crippen LogP) is 10.7. The monoisotopic (exact) mass is 863 g/mol. The van der Waals surface area contributed by atoms with Gasteiger partial charge in [-0.2, -0.15) is 43.6 Å². The van der Waals surface area contributed by atoms with Gasteiger partial charge in [0.1, 0.15) is 5.82 Å². The van der Waals surface area contributed by atoms with Gasteiger partial charge in [-0.3, -0.25) is 4.68 Å². The van der Waals surface area contributed by atoms with Crippen molar-refractivity contribution in [3.63, 3.8) is 0 Å². The third-order valence-electron chi connectivity index (χ3n) is 8.72. The van der Waals surface area contributed by atoms with E-state index in [1.54, 1.807) is 30.5 Å². The molecule has 0 aliphatic heterocycles. The molecule has 5 nitrogen and oxygen atoms in total. The Bertz CT molecular complexity index is 2370. The van der Waals surface area contributed by atoms with Crippen LogP contribution < -0.4 is 4.74 Å². The summed E-state index contributed by atoms with van der Waals surface area (Å²) in [6, 6.07) is 26.6. The van der Waals surface area contributed by atoms with Gasteiger partial charge in [0.25, 0.3) is 0 Å². The maximum Gasteiger partial charge on any atom is 2.00 e. The van der Waals surface area contributed by atoms with E-state index >= 15 is 0 Å². The summed E-state index contributed by atoms with van der Waals surface area (Å²) in [4.78, 5) is 4.58. The minimum atomic E-state index is -5.04. The molecule has 256 valence electrons. The molecule has 0 aliphatic carbocycles. The number of aryl methyl sites for hydroxylation is 1. The number of alkyl halides is 6. The summed E-state index contributed by atoms with van der Waals surface area (Å²) in [6.45, 7) is 5.60. The number of pyridine rings is 1. The van der Waals surface area contributed by atoms with Crippen LogP contribution in [0.2, 0.25) is 0 Å². The number of rotatable bonds is 5. The summed E-state index contributed by atoms with van der Waals surface area (Å²) < 4.78 is 95.3. The van der Waals surface area contributed by atoms with Crippen molar-refractivity contribution in [1.82, 2.24) is 19.3 Å². The number of aromatic nitrogens is 4. The number of nitrogens with zero attached hydrogens (tertiary/aromatic N) is 4. The second-order valence-electron chi connectivity index (χ2n) is 11.8. The van der Waals surface area contributed by atoms with E-state index < -0.39 is 29.0 Å². The first-order chi connectivity index (χ1) is 23.2. The maximum absolute atomic E-state index is 14.3. The first-order valence-corrected chi connectivity index (χ1v) is 15.1. The van der Waals surface area contributed by atoms with E-state index in [0.29, 0.717) is 11.6 Å². The van der Waals surface area contributed by atoms with E-state index in [1.165, 1.54) is 25.5 Å². The van der Waals surface area contributed by atoms with Crippen LogP contribution in [0.25, 0.3) is 44.4 Å². The quantitative estimate of drug-likeness (QED) is 0.128. The molecular formula is C38H26F6N4OPt. The van der Waals surface area contributed by atoms with Crippen LogP contribution >= 0.6 is 0 Å². The Balaban J connectivity index is 0.00000432. The van der Waals surface area contributed by atoms with Crippen LogP contribution in [0.5, 0.6) is 11.5 Å². The normalized spacial score (nSPS) is 12.0. The molecule has 0 atom stereocenters. The van der Waals surface area contributed by atoms with Crippen LogP contribution in [0, 0.1) is 39.8 Å². The van der Waals surface area contributed by atoms with Crippen LogP contribution in [-0.4, -0.2) is 19.3 Å². The van der Waals surface area contributed by atoms with Gasteiger partial charge in [0.2, 0.25) is 0 Å². The van der Waals surface area contributed by atoms with E-state index in [2.05, 4.69) is 22.2 Å². The first-order valence-electron chi connectivity index (χ1n) is 15.1. The van der Waals surface area contributed by atoms with Crippen LogP contribution in [0.15, 0.2) is 85.3 Å². The molecule has 0 radical (unpaired) electrons. The van der Waals surface area contributed by atoms with Crippen LogP contribution in [0.3, 0.4) is 0 Å². The van der Waals surface area contributed by atoms with E-state index in [0.717, 1.165) is 39.8 Å². The topological polar surface area (TPSA) is 44.9 Å². The predicted molar refractivity (Wildman–Crippen MR) is 174 cm³/mol. The molecule has 3 aromatic heterocycles. The van der Waals surface area contributed by atoms with E-state index in [4.69, 9.17) is 4.74 Å². The molecule has 50 heavy (non-hydrogen) atoms. The van der Waals surface area contributed by atoms with E-state index in [1.807, 2.05) is 54.0 Å². The average molecular weight is 864 g/mol. The van der Waals surface area contributed by atoms with Gasteiger partial charge in [0, 0.05) is 40.5 Å². The third kappa shape index (κ3) is 6.08. The first kappa shape index (κ1) is 35.0. The number of ether oxygens (including phenoxy) is 1. The molecule has 0 saturated heterocycles. The zero-order valence-corrected chi connectivity index (χ0v) is 29.1. The number of fused-ring (bicyclic) bond motifs is 3. The number of halogens is 6. The van der Waals surface area contributed by atoms with Gasteiger partial charge < -0.3 is 9.30 Å². The second kappa shape index (κ2) is 12.8. The van der Waals surface area contributed by atoms with Crippen molar-refractivity contribution in [3.05, 3.63) is 131 Å². The molecule has 0 aliphatic rings. The van der Waals surface area contributed by atoms with Crippen molar-refractivity contribution in [2.24, 2.45) is 0 Å². The second-order valence-corrected chi connectivity index (χ2v) is 11.8. The van der Waals surface area contributed by atoms with E-state index in [9.17, 15) is 26.3 Å². The van der Waals surface area contributed by atoms with Gasteiger partial charge in [-0.15, -0.1) is 35.7 Å². The summed E-state index contributed by atoms with van der Waals surface area (Å²) in [5.74, 6) is 1.30. The number of hydrogen-bond donors (Lipinski definition) is 0. The van der Waals surface area contributed by atoms with Gasteiger partial charge >= 0.3 is 33.4 Å². The van der Waals surface area contributed by atoms with Gasteiger partial charge in [0.15, 0.2) is 0 Å². The minimum Gasteiger partial charge on any atom is -0.509 e. The van der Waals surface area contributed by atoms with Crippen molar-refractivity contribution in [2.45, 2.75) is 40.0 Å². The fraction of sp³-hybridized carbons (Fsp3) is 0.158. The zero-order valence-electron chi connectivity index (χ0n) is 26.9. The fourth-order valence-electron chi connectivity index (χ4n) is 6.30. The molecule has 0 spiro atoms. The van der Waals surface area contributed by atoms with Crippen molar-refractivity contribution < 1.29 is 52.1 Å². The molecule has 0 saturated carbocycles. The Morgan fingerprint density at radius 1 is 0.720 bits per heavy atom. The van der Waals surface area contributed by atoms with Gasteiger partial charge in [0.05, 0.1) is 17.3 Å². The van der Waals surface area contributed by atoms with E-state index in [-0.39, 0.29) is 54.8 Å². The summed E-state index contributed by atoms with van der Waals surface area (Å²) in [6.07, 6.45) is -6.22. The Morgan fingerprint density at radius 2 is 1.40 bits per heavy atom. The summed E-state index contributed by atoms with van der Waals surface area (Å²) in [5, 5.41) is 6.08. The molecule has 0 bridgehead atoms. The maximum atomic E-state index is 14.3. The molecule has 0 unspecified atom stereocenters. The third-order valence-corrected chi connectivity index (χ3v) is 8.72. The van der Waals surface area contributed by atoms with Crippen molar-refractivity contribution >= 4 is 21.8 Å². The number of benzene rings is 4. The van der Waals surface area contributed by atoms with Crippen molar-refractivity contribution in [2.75, 3.05) is 0 Å². The van der Waals surface area contributed by atoms with Crippen molar-refractivity contribution in [3.8, 4) is 34.1 Å².